The van der Waals surface area contributed by atoms with E-state index in [0.717, 1.165) is 17.1 Å². The summed E-state index contributed by atoms with van der Waals surface area (Å²) in [5, 5.41) is 0. The summed E-state index contributed by atoms with van der Waals surface area (Å²) in [6.07, 6.45) is 6.22. The number of carbonyl (C=O) groups excluding carboxylic acids is 1. The SMILES string of the molecule is CCOC(=O)C[C@@H](c1ccc(OC(C)c2ccc3c(c2)C(C)(C)CCC3(C)C)cc1)c1nccn1C. The molecule has 0 bridgehead atoms. The first-order chi connectivity index (χ1) is 17.0. The van der Waals surface area contributed by atoms with Crippen LogP contribution >= 0.6 is 0 Å². The van der Waals surface area contributed by atoms with Crippen LogP contribution in [-0.2, 0) is 27.4 Å². The lowest BCUT2D eigenvalue weighted by atomic mass is 9.63. The van der Waals surface area contributed by atoms with Gasteiger partial charge in [-0.05, 0) is 71.9 Å². The number of aromatic nitrogens is 2. The van der Waals surface area contributed by atoms with Gasteiger partial charge in [-0.2, -0.15) is 0 Å². The number of hydrogen-bond acceptors (Lipinski definition) is 4. The Labute approximate surface area is 215 Å². The summed E-state index contributed by atoms with van der Waals surface area (Å²) in [7, 11) is 1.95. The molecule has 192 valence electrons. The Bertz CT molecular complexity index is 1210. The number of ether oxygens (including phenoxy) is 2. The van der Waals surface area contributed by atoms with E-state index in [1.54, 1.807) is 6.20 Å². The second kappa shape index (κ2) is 10.1. The highest BCUT2D eigenvalue weighted by molar-refractivity contribution is 5.71. The van der Waals surface area contributed by atoms with Gasteiger partial charge >= 0.3 is 5.97 Å². The summed E-state index contributed by atoms with van der Waals surface area (Å²) in [5.41, 5.74) is 5.48. The molecule has 0 aliphatic heterocycles. The van der Waals surface area contributed by atoms with Crippen LogP contribution in [-0.4, -0.2) is 22.1 Å². The molecule has 5 nitrogen and oxygen atoms in total. The fraction of sp³-hybridized carbons (Fsp3) is 0.484. The molecule has 0 radical (unpaired) electrons. The first kappa shape index (κ1) is 26.0. The molecule has 0 saturated carbocycles. The summed E-state index contributed by atoms with van der Waals surface area (Å²) in [6, 6.07) is 14.9. The lowest BCUT2D eigenvalue weighted by Crippen LogP contribution is -2.34. The van der Waals surface area contributed by atoms with Gasteiger partial charge in [0.05, 0.1) is 18.9 Å². The fourth-order valence-corrected chi connectivity index (χ4v) is 5.37. The molecule has 1 unspecified atom stereocenters. The zero-order valence-electron chi connectivity index (χ0n) is 22.8. The van der Waals surface area contributed by atoms with Gasteiger partial charge in [0.25, 0.3) is 0 Å². The summed E-state index contributed by atoms with van der Waals surface area (Å²) in [4.78, 5) is 16.8. The van der Waals surface area contributed by atoms with Gasteiger partial charge < -0.3 is 14.0 Å². The average Bonchev–Trinajstić information content (AvgIpc) is 3.26. The van der Waals surface area contributed by atoms with Crippen molar-refractivity contribution in [1.29, 1.82) is 0 Å². The molecule has 3 aromatic rings. The highest BCUT2D eigenvalue weighted by atomic mass is 16.5. The van der Waals surface area contributed by atoms with Gasteiger partial charge in [-0.15, -0.1) is 0 Å². The van der Waals surface area contributed by atoms with Gasteiger partial charge in [0.15, 0.2) is 0 Å². The molecule has 2 atom stereocenters. The Kier molecular flexibility index (Phi) is 7.31. The summed E-state index contributed by atoms with van der Waals surface area (Å²) in [6.45, 7) is 13.7. The highest BCUT2D eigenvalue weighted by Crippen LogP contribution is 2.46. The van der Waals surface area contributed by atoms with Crippen LogP contribution in [0.3, 0.4) is 0 Å². The number of esters is 1. The van der Waals surface area contributed by atoms with Gasteiger partial charge in [-0.25, -0.2) is 4.98 Å². The number of fused-ring (bicyclic) bond motifs is 1. The quantitative estimate of drug-likeness (QED) is 0.321. The van der Waals surface area contributed by atoms with Gasteiger partial charge in [0.2, 0.25) is 0 Å². The minimum Gasteiger partial charge on any atom is -0.486 e. The maximum absolute atomic E-state index is 12.3. The van der Waals surface area contributed by atoms with Crippen LogP contribution in [0.1, 0.15) is 101 Å². The Morgan fingerprint density at radius 3 is 2.25 bits per heavy atom. The molecule has 0 N–H and O–H groups in total. The van der Waals surface area contributed by atoms with Crippen LogP contribution < -0.4 is 4.74 Å². The lowest BCUT2D eigenvalue weighted by Gasteiger charge is -2.42. The zero-order valence-corrected chi connectivity index (χ0v) is 22.8. The van der Waals surface area contributed by atoms with Crippen molar-refractivity contribution in [3.8, 4) is 5.75 Å². The molecular weight excluding hydrogens is 448 g/mol. The molecule has 0 spiro atoms. The maximum Gasteiger partial charge on any atom is 0.306 e. The number of rotatable bonds is 8. The number of nitrogens with zero attached hydrogens (tertiary/aromatic N) is 2. The van der Waals surface area contributed by atoms with E-state index in [1.165, 1.54) is 29.5 Å². The monoisotopic (exact) mass is 488 g/mol. The minimum atomic E-state index is -0.224. The van der Waals surface area contributed by atoms with E-state index in [1.807, 2.05) is 49.0 Å². The van der Waals surface area contributed by atoms with Gasteiger partial charge in [0.1, 0.15) is 17.7 Å². The number of hydrogen-bond donors (Lipinski definition) is 0. The van der Waals surface area contributed by atoms with Crippen LogP contribution in [0, 0.1) is 0 Å². The summed E-state index contributed by atoms with van der Waals surface area (Å²) >= 11 is 0. The van der Waals surface area contributed by atoms with E-state index in [2.05, 4.69) is 57.8 Å². The highest BCUT2D eigenvalue weighted by Gasteiger charge is 2.37. The van der Waals surface area contributed by atoms with Crippen molar-refractivity contribution in [3.05, 3.63) is 82.9 Å². The van der Waals surface area contributed by atoms with E-state index in [-0.39, 0.29) is 35.2 Å². The number of aryl methyl sites for hydroxylation is 1. The van der Waals surface area contributed by atoms with Crippen LogP contribution in [0.15, 0.2) is 54.9 Å². The molecule has 0 fully saturated rings. The Hall–Kier alpha value is -3.08. The van der Waals surface area contributed by atoms with Gasteiger partial charge in [-0.1, -0.05) is 58.0 Å². The van der Waals surface area contributed by atoms with E-state index >= 15 is 0 Å². The number of benzene rings is 2. The second-order valence-electron chi connectivity index (χ2n) is 11.4. The molecule has 1 aliphatic rings. The maximum atomic E-state index is 12.3. The Morgan fingerprint density at radius 2 is 1.64 bits per heavy atom. The Morgan fingerprint density at radius 1 is 1.00 bits per heavy atom. The van der Waals surface area contributed by atoms with E-state index in [4.69, 9.17) is 9.47 Å². The fourth-order valence-electron chi connectivity index (χ4n) is 5.37. The van der Waals surface area contributed by atoms with E-state index in [0.29, 0.717) is 6.61 Å². The molecule has 2 aromatic carbocycles. The van der Waals surface area contributed by atoms with E-state index < -0.39 is 0 Å². The molecule has 1 aromatic heterocycles. The molecule has 5 heteroatoms. The predicted octanol–water partition coefficient (Wildman–Crippen LogP) is 6.99. The van der Waals surface area contributed by atoms with Crippen LogP contribution in [0.25, 0.3) is 0 Å². The van der Waals surface area contributed by atoms with Gasteiger partial charge in [-0.3, -0.25) is 4.79 Å². The van der Waals surface area contributed by atoms with Crippen molar-refractivity contribution in [2.75, 3.05) is 6.61 Å². The van der Waals surface area contributed by atoms with E-state index in [9.17, 15) is 4.79 Å². The summed E-state index contributed by atoms with van der Waals surface area (Å²) in [5.74, 6) is 1.24. The predicted molar refractivity (Wildman–Crippen MR) is 144 cm³/mol. The second-order valence-corrected chi connectivity index (χ2v) is 11.4. The Balaban J connectivity index is 1.54. The van der Waals surface area contributed by atoms with Crippen molar-refractivity contribution in [2.45, 2.75) is 83.7 Å². The van der Waals surface area contributed by atoms with Crippen LogP contribution in [0.2, 0.25) is 0 Å². The molecule has 0 amide bonds. The third kappa shape index (κ3) is 5.35. The van der Waals surface area contributed by atoms with Gasteiger partial charge in [0, 0.05) is 19.4 Å². The molecule has 4 rings (SSSR count). The molecule has 1 aliphatic carbocycles. The zero-order chi connectivity index (χ0) is 26.1. The average molecular weight is 489 g/mol. The van der Waals surface area contributed by atoms with Crippen LogP contribution in [0.5, 0.6) is 5.75 Å². The number of carbonyl (C=O) groups is 1. The smallest absolute Gasteiger partial charge is 0.306 e. The topological polar surface area (TPSA) is 53.4 Å². The largest absolute Gasteiger partial charge is 0.486 e. The van der Waals surface area contributed by atoms with Crippen molar-refractivity contribution in [2.24, 2.45) is 7.05 Å². The first-order valence-corrected chi connectivity index (χ1v) is 13.1. The molecule has 1 heterocycles. The third-order valence-corrected chi connectivity index (χ3v) is 7.79. The third-order valence-electron chi connectivity index (χ3n) is 7.79. The molecule has 0 saturated heterocycles. The summed E-state index contributed by atoms with van der Waals surface area (Å²) < 4.78 is 13.5. The van der Waals surface area contributed by atoms with Crippen molar-refractivity contribution < 1.29 is 14.3 Å². The van der Waals surface area contributed by atoms with Crippen molar-refractivity contribution >= 4 is 5.97 Å². The first-order valence-electron chi connectivity index (χ1n) is 13.1. The van der Waals surface area contributed by atoms with Crippen molar-refractivity contribution in [3.63, 3.8) is 0 Å². The molecular formula is C31H40N2O3. The van der Waals surface area contributed by atoms with Crippen LogP contribution in [0.4, 0.5) is 0 Å². The standard InChI is InChI=1S/C31H40N2O3/c1-8-35-28(34)20-25(29-32-17-18-33(29)7)22-9-12-24(13-10-22)36-21(2)23-11-14-26-27(19-23)31(5,6)16-15-30(26,3)4/h9-14,17-19,21,25H,8,15-16,20H2,1-7H3/t21?,25-/m0/s1. The number of imidazole rings is 1. The van der Waals surface area contributed by atoms with Crippen molar-refractivity contribution in [1.82, 2.24) is 9.55 Å². The lowest BCUT2D eigenvalue weighted by molar-refractivity contribution is -0.143. The minimum absolute atomic E-state index is 0.0770. The normalized spacial score (nSPS) is 17.6. The molecule has 36 heavy (non-hydrogen) atoms.